The molecule has 158 valence electrons. The highest BCUT2D eigenvalue weighted by molar-refractivity contribution is 5.86. The molecule has 3 N–H and O–H groups in total. The minimum Gasteiger partial charge on any atom is -0.367 e. The molecular weight excluding hydrogens is 366 g/mol. The monoisotopic (exact) mass is 399 g/mol. The lowest BCUT2D eigenvalue weighted by atomic mass is 10.2. The van der Waals surface area contributed by atoms with Crippen LogP contribution in [0.15, 0.2) is 17.5 Å². The molecule has 2 aromatic heterocycles. The van der Waals surface area contributed by atoms with E-state index in [0.717, 1.165) is 41.9 Å². The molecule has 1 aliphatic carbocycles. The van der Waals surface area contributed by atoms with Crippen LogP contribution in [0.25, 0.3) is 11.0 Å². The summed E-state index contributed by atoms with van der Waals surface area (Å²) in [4.78, 5) is 16.0. The Hall–Kier alpha value is -2.42. The van der Waals surface area contributed by atoms with Crippen molar-refractivity contribution < 1.29 is 0 Å². The fourth-order valence-corrected chi connectivity index (χ4v) is 4.46. The van der Waals surface area contributed by atoms with Gasteiger partial charge in [0.25, 0.3) is 0 Å². The van der Waals surface area contributed by atoms with Crippen LogP contribution in [-0.4, -0.2) is 75.4 Å². The van der Waals surface area contributed by atoms with Gasteiger partial charge in [0.1, 0.15) is 12.1 Å². The van der Waals surface area contributed by atoms with Gasteiger partial charge in [-0.3, -0.25) is 14.6 Å². The zero-order valence-corrected chi connectivity index (χ0v) is 17.6. The number of likely N-dealkylation sites (tertiary alicyclic amines) is 1. The van der Waals surface area contributed by atoms with Crippen molar-refractivity contribution in [3.8, 4) is 0 Å². The van der Waals surface area contributed by atoms with Gasteiger partial charge in [-0.15, -0.1) is 0 Å². The number of aryl methyl sites for hydroxylation is 1. The number of nitrogens with one attached hydrogen (secondary N) is 3. The third-order valence-electron chi connectivity index (χ3n) is 5.95. The molecular formula is C20H33N9. The largest absolute Gasteiger partial charge is 0.367 e. The standard InChI is InChI=1S/C20H33N9/c1-3-21-20(27-15-8-11-29(13-15)16-6-4-5-7-16)23-10-9-22-18-17-12-26-28(2)19(17)25-14-24-18/h12,14-16H,3-11,13H2,1-2H3,(H2,21,23,27)(H,22,24,25). The van der Waals surface area contributed by atoms with Crippen molar-refractivity contribution in [2.24, 2.45) is 12.0 Å². The van der Waals surface area contributed by atoms with Crippen molar-refractivity contribution >= 4 is 22.8 Å². The first-order valence-corrected chi connectivity index (χ1v) is 10.9. The Labute approximate surface area is 172 Å². The number of rotatable bonds is 7. The molecule has 0 bridgehead atoms. The molecule has 1 unspecified atom stereocenters. The quantitative estimate of drug-likeness (QED) is 0.367. The lowest BCUT2D eigenvalue weighted by Crippen LogP contribution is -2.45. The first kappa shape index (κ1) is 19.9. The topological polar surface area (TPSA) is 95.3 Å². The second-order valence-corrected chi connectivity index (χ2v) is 7.98. The first-order chi connectivity index (χ1) is 14.2. The van der Waals surface area contributed by atoms with Crippen molar-refractivity contribution in [1.29, 1.82) is 0 Å². The summed E-state index contributed by atoms with van der Waals surface area (Å²) in [5.41, 5.74) is 0.828. The summed E-state index contributed by atoms with van der Waals surface area (Å²) in [5, 5.41) is 15.6. The Morgan fingerprint density at radius 2 is 2.10 bits per heavy atom. The summed E-state index contributed by atoms with van der Waals surface area (Å²) in [6.45, 7) is 6.68. The van der Waals surface area contributed by atoms with E-state index in [2.05, 4.69) is 42.8 Å². The molecule has 1 saturated carbocycles. The first-order valence-electron chi connectivity index (χ1n) is 10.9. The normalized spacial score (nSPS) is 21.2. The highest BCUT2D eigenvalue weighted by Gasteiger charge is 2.30. The van der Waals surface area contributed by atoms with Crippen LogP contribution < -0.4 is 16.0 Å². The summed E-state index contributed by atoms with van der Waals surface area (Å²) in [5.74, 6) is 1.71. The molecule has 0 amide bonds. The highest BCUT2D eigenvalue weighted by atomic mass is 15.3. The predicted molar refractivity (Wildman–Crippen MR) is 116 cm³/mol. The number of aromatic nitrogens is 4. The Balaban J connectivity index is 1.28. The SMILES string of the molecule is CCNC(=NCCNc1ncnc2c1cnn2C)NC1CCN(C2CCCC2)C1. The van der Waals surface area contributed by atoms with E-state index in [1.54, 1.807) is 17.2 Å². The smallest absolute Gasteiger partial charge is 0.191 e. The van der Waals surface area contributed by atoms with E-state index >= 15 is 0 Å². The lowest BCUT2D eigenvalue weighted by molar-refractivity contribution is 0.242. The van der Waals surface area contributed by atoms with E-state index in [9.17, 15) is 0 Å². The van der Waals surface area contributed by atoms with Crippen LogP contribution in [0.5, 0.6) is 0 Å². The Morgan fingerprint density at radius 3 is 2.93 bits per heavy atom. The highest BCUT2D eigenvalue weighted by Crippen LogP contribution is 2.26. The molecule has 1 aliphatic heterocycles. The molecule has 2 aliphatic rings. The van der Waals surface area contributed by atoms with Gasteiger partial charge >= 0.3 is 0 Å². The van der Waals surface area contributed by atoms with Crippen LogP contribution in [0, 0.1) is 0 Å². The molecule has 0 radical (unpaired) electrons. The number of anilines is 1. The molecule has 3 heterocycles. The van der Waals surface area contributed by atoms with E-state index < -0.39 is 0 Å². The zero-order chi connectivity index (χ0) is 20.1. The van der Waals surface area contributed by atoms with Gasteiger partial charge in [0.05, 0.1) is 18.1 Å². The van der Waals surface area contributed by atoms with Crippen molar-refractivity contribution in [1.82, 2.24) is 35.3 Å². The predicted octanol–water partition coefficient (Wildman–Crippen LogP) is 1.35. The van der Waals surface area contributed by atoms with Gasteiger partial charge in [-0.2, -0.15) is 5.10 Å². The van der Waals surface area contributed by atoms with Gasteiger partial charge in [0.2, 0.25) is 0 Å². The summed E-state index contributed by atoms with van der Waals surface area (Å²) in [6.07, 6.45) is 10.1. The molecule has 1 atom stereocenters. The third kappa shape index (κ3) is 4.77. The molecule has 9 nitrogen and oxygen atoms in total. The number of aliphatic imine (C=N–C) groups is 1. The van der Waals surface area contributed by atoms with Gasteiger partial charge < -0.3 is 16.0 Å². The number of nitrogens with zero attached hydrogens (tertiary/aromatic N) is 6. The van der Waals surface area contributed by atoms with Crippen LogP contribution in [0.4, 0.5) is 5.82 Å². The van der Waals surface area contributed by atoms with Crippen LogP contribution in [-0.2, 0) is 7.05 Å². The molecule has 2 aromatic rings. The van der Waals surface area contributed by atoms with E-state index in [1.165, 1.54) is 38.6 Å². The van der Waals surface area contributed by atoms with Crippen LogP contribution in [0.2, 0.25) is 0 Å². The van der Waals surface area contributed by atoms with Crippen LogP contribution in [0.1, 0.15) is 39.0 Å². The van der Waals surface area contributed by atoms with Crippen molar-refractivity contribution in [2.45, 2.75) is 51.1 Å². The molecule has 0 aromatic carbocycles. The average Bonchev–Trinajstić information content (AvgIpc) is 3.47. The minimum atomic E-state index is 0.484. The maximum atomic E-state index is 4.75. The molecule has 4 rings (SSSR count). The molecule has 29 heavy (non-hydrogen) atoms. The van der Waals surface area contributed by atoms with Gasteiger partial charge in [0, 0.05) is 45.3 Å². The summed E-state index contributed by atoms with van der Waals surface area (Å²) >= 11 is 0. The van der Waals surface area contributed by atoms with E-state index in [4.69, 9.17) is 4.99 Å². The lowest BCUT2D eigenvalue weighted by Gasteiger charge is -2.24. The third-order valence-corrected chi connectivity index (χ3v) is 5.95. The molecule has 2 fully saturated rings. The Bertz CT molecular complexity index is 824. The van der Waals surface area contributed by atoms with Gasteiger partial charge in [0.15, 0.2) is 11.6 Å². The summed E-state index contributed by atoms with van der Waals surface area (Å²) < 4.78 is 1.75. The maximum Gasteiger partial charge on any atom is 0.191 e. The number of fused-ring (bicyclic) bond motifs is 1. The second kappa shape index (κ2) is 9.39. The van der Waals surface area contributed by atoms with E-state index in [1.807, 2.05) is 7.05 Å². The van der Waals surface area contributed by atoms with Gasteiger partial charge in [-0.1, -0.05) is 12.8 Å². The van der Waals surface area contributed by atoms with Crippen molar-refractivity contribution in [2.75, 3.05) is 38.0 Å². The van der Waals surface area contributed by atoms with Crippen molar-refractivity contribution in [3.05, 3.63) is 12.5 Å². The summed E-state index contributed by atoms with van der Waals surface area (Å²) in [7, 11) is 1.88. The minimum absolute atomic E-state index is 0.484. The Morgan fingerprint density at radius 1 is 1.24 bits per heavy atom. The van der Waals surface area contributed by atoms with Crippen molar-refractivity contribution in [3.63, 3.8) is 0 Å². The number of hydrogen-bond acceptors (Lipinski definition) is 6. The number of guanidine groups is 1. The van der Waals surface area contributed by atoms with Gasteiger partial charge in [-0.25, -0.2) is 9.97 Å². The van der Waals surface area contributed by atoms with E-state index in [-0.39, 0.29) is 0 Å². The molecule has 9 heteroatoms. The average molecular weight is 400 g/mol. The van der Waals surface area contributed by atoms with Crippen LogP contribution >= 0.6 is 0 Å². The Kier molecular flexibility index (Phi) is 6.43. The molecule has 1 saturated heterocycles. The fraction of sp³-hybridized carbons (Fsp3) is 0.700. The molecule has 0 spiro atoms. The maximum absolute atomic E-state index is 4.75. The van der Waals surface area contributed by atoms with E-state index in [0.29, 0.717) is 19.1 Å². The fourth-order valence-electron chi connectivity index (χ4n) is 4.46. The summed E-state index contributed by atoms with van der Waals surface area (Å²) in [6, 6.07) is 1.29. The second-order valence-electron chi connectivity index (χ2n) is 7.98. The zero-order valence-electron chi connectivity index (χ0n) is 17.6. The van der Waals surface area contributed by atoms with Crippen LogP contribution in [0.3, 0.4) is 0 Å². The number of hydrogen-bond donors (Lipinski definition) is 3. The van der Waals surface area contributed by atoms with Gasteiger partial charge in [-0.05, 0) is 26.2 Å².